The zero-order valence-corrected chi connectivity index (χ0v) is 17.6. The Bertz CT molecular complexity index is 952. The van der Waals surface area contributed by atoms with Crippen molar-refractivity contribution in [2.75, 3.05) is 31.6 Å². The number of piperidine rings is 1. The number of amides is 1. The van der Waals surface area contributed by atoms with E-state index in [0.717, 1.165) is 48.8 Å². The van der Waals surface area contributed by atoms with Crippen LogP contribution in [0.4, 0.5) is 5.82 Å². The number of ketones is 1. The van der Waals surface area contributed by atoms with Crippen molar-refractivity contribution in [1.29, 1.82) is 0 Å². The number of fused-ring (bicyclic) bond motifs is 1. The average Bonchev–Trinajstić information content (AvgIpc) is 3.03. The van der Waals surface area contributed by atoms with Crippen molar-refractivity contribution in [2.45, 2.75) is 39.3 Å². The summed E-state index contributed by atoms with van der Waals surface area (Å²) in [4.78, 5) is 36.7. The third-order valence-electron chi connectivity index (χ3n) is 5.50. The zero-order chi connectivity index (χ0) is 21.3. The molecule has 2 aromatic heterocycles. The maximum absolute atomic E-state index is 12.5. The lowest BCUT2D eigenvalue weighted by molar-refractivity contribution is -0.117. The Balaban J connectivity index is 1.40. The predicted octanol–water partition coefficient (Wildman–Crippen LogP) is 2.39. The molecule has 0 unspecified atom stereocenters. The standard InChI is InChI=1S/C22H26N4O4/c1-14-10-18-19(13-26(22(18)28)12-15(2)27)24-21(14)25-8-6-16(7-9-25)30-17-4-5-20(29-3)23-11-17/h4-5,10-11,16H,6-9,12-13H2,1-3H3. The number of carbonyl (C=O) groups excluding carboxylic acids is 2. The number of hydrogen-bond acceptors (Lipinski definition) is 7. The molecule has 4 heterocycles. The molecule has 1 saturated heterocycles. The quantitative estimate of drug-likeness (QED) is 0.723. The van der Waals surface area contributed by atoms with Crippen LogP contribution >= 0.6 is 0 Å². The molecule has 1 amide bonds. The number of methoxy groups -OCH3 is 1. The lowest BCUT2D eigenvalue weighted by Gasteiger charge is -2.33. The van der Waals surface area contributed by atoms with Gasteiger partial charge in [0.05, 0.1) is 37.7 Å². The van der Waals surface area contributed by atoms with Gasteiger partial charge in [0.2, 0.25) is 5.88 Å². The number of rotatable bonds is 6. The first kappa shape index (κ1) is 20.1. The summed E-state index contributed by atoms with van der Waals surface area (Å²) in [7, 11) is 1.59. The van der Waals surface area contributed by atoms with Crippen LogP contribution in [0.1, 0.15) is 41.4 Å². The van der Waals surface area contributed by atoms with Crippen LogP contribution in [0.3, 0.4) is 0 Å². The first-order chi connectivity index (χ1) is 14.4. The van der Waals surface area contributed by atoms with Crippen LogP contribution in [-0.4, -0.2) is 59.4 Å². The molecule has 158 valence electrons. The summed E-state index contributed by atoms with van der Waals surface area (Å²) in [5, 5.41) is 0. The number of Topliss-reactive ketones (excluding diaryl/α,β-unsaturated/α-hetero) is 1. The Morgan fingerprint density at radius 1 is 1.27 bits per heavy atom. The van der Waals surface area contributed by atoms with E-state index in [0.29, 0.717) is 18.0 Å². The van der Waals surface area contributed by atoms with E-state index in [1.807, 2.05) is 19.1 Å². The summed E-state index contributed by atoms with van der Waals surface area (Å²) in [6.07, 6.45) is 3.55. The number of ether oxygens (including phenoxy) is 2. The minimum absolute atomic E-state index is 0.0257. The second-order valence-corrected chi connectivity index (χ2v) is 7.83. The highest BCUT2D eigenvalue weighted by Crippen LogP contribution is 2.29. The van der Waals surface area contributed by atoms with E-state index < -0.39 is 0 Å². The predicted molar refractivity (Wildman–Crippen MR) is 111 cm³/mol. The van der Waals surface area contributed by atoms with Crippen molar-refractivity contribution in [3.05, 3.63) is 41.2 Å². The summed E-state index contributed by atoms with van der Waals surface area (Å²) in [6.45, 7) is 5.65. The van der Waals surface area contributed by atoms with Gasteiger partial charge in [0.15, 0.2) is 0 Å². The molecular formula is C22H26N4O4. The third kappa shape index (κ3) is 4.08. The Morgan fingerprint density at radius 2 is 2.03 bits per heavy atom. The monoisotopic (exact) mass is 410 g/mol. The van der Waals surface area contributed by atoms with Crippen LogP contribution < -0.4 is 14.4 Å². The van der Waals surface area contributed by atoms with Crippen LogP contribution in [0.2, 0.25) is 0 Å². The van der Waals surface area contributed by atoms with Gasteiger partial charge in [-0.1, -0.05) is 0 Å². The van der Waals surface area contributed by atoms with Crippen LogP contribution in [0.15, 0.2) is 24.4 Å². The molecule has 0 aliphatic carbocycles. The van der Waals surface area contributed by atoms with Crippen molar-refractivity contribution < 1.29 is 19.1 Å². The maximum atomic E-state index is 12.5. The van der Waals surface area contributed by atoms with E-state index in [1.165, 1.54) is 6.92 Å². The number of hydrogen-bond donors (Lipinski definition) is 0. The highest BCUT2D eigenvalue weighted by molar-refractivity contribution is 6.00. The summed E-state index contributed by atoms with van der Waals surface area (Å²) in [5.74, 6) is 2.08. The molecule has 0 bridgehead atoms. The fourth-order valence-corrected chi connectivity index (χ4v) is 4.02. The highest BCUT2D eigenvalue weighted by Gasteiger charge is 2.31. The molecule has 0 aromatic carbocycles. The Hall–Kier alpha value is -3.16. The number of carbonyl (C=O) groups is 2. The first-order valence-electron chi connectivity index (χ1n) is 10.2. The van der Waals surface area contributed by atoms with Crippen LogP contribution in [0.5, 0.6) is 11.6 Å². The molecule has 4 rings (SSSR count). The van der Waals surface area contributed by atoms with Gasteiger partial charge in [-0.05, 0) is 31.5 Å². The van der Waals surface area contributed by atoms with E-state index in [9.17, 15) is 9.59 Å². The lowest BCUT2D eigenvalue weighted by atomic mass is 10.1. The van der Waals surface area contributed by atoms with Crippen molar-refractivity contribution >= 4 is 17.5 Å². The van der Waals surface area contributed by atoms with Gasteiger partial charge in [0, 0.05) is 32.0 Å². The second kappa shape index (κ2) is 8.30. The van der Waals surface area contributed by atoms with Crippen molar-refractivity contribution in [2.24, 2.45) is 0 Å². The van der Waals surface area contributed by atoms with Crippen molar-refractivity contribution in [3.63, 3.8) is 0 Å². The summed E-state index contributed by atoms with van der Waals surface area (Å²) in [6, 6.07) is 5.57. The Morgan fingerprint density at radius 3 is 2.67 bits per heavy atom. The number of aryl methyl sites for hydroxylation is 1. The van der Waals surface area contributed by atoms with E-state index >= 15 is 0 Å². The maximum Gasteiger partial charge on any atom is 0.256 e. The number of nitrogens with zero attached hydrogens (tertiary/aromatic N) is 4. The zero-order valence-electron chi connectivity index (χ0n) is 17.6. The third-order valence-corrected chi connectivity index (χ3v) is 5.50. The van der Waals surface area contributed by atoms with Crippen molar-refractivity contribution in [1.82, 2.24) is 14.9 Å². The summed E-state index contributed by atoms with van der Waals surface area (Å²) in [5.41, 5.74) is 2.35. The summed E-state index contributed by atoms with van der Waals surface area (Å²) >= 11 is 0. The molecule has 0 atom stereocenters. The summed E-state index contributed by atoms with van der Waals surface area (Å²) < 4.78 is 11.1. The van der Waals surface area contributed by atoms with Crippen LogP contribution in [-0.2, 0) is 11.3 Å². The van der Waals surface area contributed by atoms with Gasteiger partial charge in [-0.3, -0.25) is 9.59 Å². The van der Waals surface area contributed by atoms with Gasteiger partial charge < -0.3 is 19.3 Å². The van der Waals surface area contributed by atoms with E-state index in [4.69, 9.17) is 14.5 Å². The largest absolute Gasteiger partial charge is 0.489 e. The lowest BCUT2D eigenvalue weighted by Crippen LogP contribution is -2.39. The fourth-order valence-electron chi connectivity index (χ4n) is 4.02. The molecule has 2 aliphatic heterocycles. The molecule has 8 nitrogen and oxygen atoms in total. The number of pyridine rings is 2. The SMILES string of the molecule is COc1ccc(OC2CCN(c3nc4c(cc3C)C(=O)N(CC(C)=O)C4)CC2)cn1. The first-order valence-corrected chi connectivity index (χ1v) is 10.2. The number of aromatic nitrogens is 2. The van der Waals surface area contributed by atoms with E-state index in [2.05, 4.69) is 9.88 Å². The number of anilines is 1. The van der Waals surface area contributed by atoms with Gasteiger partial charge in [0.1, 0.15) is 23.5 Å². The second-order valence-electron chi connectivity index (χ2n) is 7.83. The Kier molecular flexibility index (Phi) is 5.57. The molecule has 1 fully saturated rings. The van der Waals surface area contributed by atoms with Gasteiger partial charge in [-0.15, -0.1) is 0 Å². The molecular weight excluding hydrogens is 384 g/mol. The molecule has 0 spiro atoms. The van der Waals surface area contributed by atoms with Gasteiger partial charge in [-0.2, -0.15) is 0 Å². The van der Waals surface area contributed by atoms with Crippen molar-refractivity contribution in [3.8, 4) is 11.6 Å². The minimum Gasteiger partial charge on any atom is -0.489 e. The molecule has 0 N–H and O–H groups in total. The van der Waals surface area contributed by atoms with Gasteiger partial charge in [-0.25, -0.2) is 9.97 Å². The minimum atomic E-state index is -0.109. The molecule has 0 saturated carbocycles. The molecule has 30 heavy (non-hydrogen) atoms. The Labute approximate surface area is 175 Å². The fraction of sp³-hybridized carbons (Fsp3) is 0.455. The molecule has 2 aromatic rings. The highest BCUT2D eigenvalue weighted by atomic mass is 16.5. The van der Waals surface area contributed by atoms with Crippen LogP contribution in [0.25, 0.3) is 0 Å². The topological polar surface area (TPSA) is 84.9 Å². The van der Waals surface area contributed by atoms with Crippen LogP contribution in [0, 0.1) is 6.92 Å². The van der Waals surface area contributed by atoms with Gasteiger partial charge >= 0.3 is 0 Å². The average molecular weight is 410 g/mol. The van der Waals surface area contributed by atoms with Gasteiger partial charge in [0.25, 0.3) is 5.91 Å². The van der Waals surface area contributed by atoms with E-state index in [-0.39, 0.29) is 24.3 Å². The molecule has 0 radical (unpaired) electrons. The molecule has 2 aliphatic rings. The molecule has 8 heteroatoms. The van der Waals surface area contributed by atoms with E-state index in [1.54, 1.807) is 24.3 Å². The smallest absolute Gasteiger partial charge is 0.256 e. The normalized spacial score (nSPS) is 16.6.